The van der Waals surface area contributed by atoms with Crippen molar-refractivity contribution in [3.8, 4) is 0 Å². The van der Waals surface area contributed by atoms with Crippen LogP contribution in [0.25, 0.3) is 5.57 Å². The van der Waals surface area contributed by atoms with Crippen LogP contribution in [-0.4, -0.2) is 5.78 Å². The SMILES string of the molecule is C/C=C(/C(=O)c1cccc(C(F)(F)F)c1)c1ccc(Cl)cc1. The molecule has 2 aromatic carbocycles. The number of ketones is 1. The normalized spacial score (nSPS) is 12.3. The Balaban J connectivity index is 2.40. The van der Waals surface area contributed by atoms with Crippen LogP contribution >= 0.6 is 11.6 Å². The van der Waals surface area contributed by atoms with Gasteiger partial charge < -0.3 is 0 Å². The lowest BCUT2D eigenvalue weighted by atomic mass is 9.95. The van der Waals surface area contributed by atoms with Gasteiger partial charge in [-0.3, -0.25) is 4.79 Å². The lowest BCUT2D eigenvalue weighted by Crippen LogP contribution is -2.08. The molecule has 0 N–H and O–H groups in total. The van der Waals surface area contributed by atoms with E-state index in [1.807, 2.05) is 0 Å². The molecule has 0 unspecified atom stereocenters. The minimum atomic E-state index is -4.48. The maximum Gasteiger partial charge on any atom is 0.416 e. The van der Waals surface area contributed by atoms with Crippen LogP contribution < -0.4 is 0 Å². The highest BCUT2D eigenvalue weighted by molar-refractivity contribution is 6.31. The Morgan fingerprint density at radius 1 is 1.05 bits per heavy atom. The van der Waals surface area contributed by atoms with Crippen molar-refractivity contribution in [3.63, 3.8) is 0 Å². The molecular formula is C17H12ClF3O. The van der Waals surface area contributed by atoms with Crippen molar-refractivity contribution in [1.82, 2.24) is 0 Å². The molecule has 0 spiro atoms. The number of rotatable bonds is 3. The van der Waals surface area contributed by atoms with E-state index >= 15 is 0 Å². The zero-order valence-corrected chi connectivity index (χ0v) is 12.4. The van der Waals surface area contributed by atoms with Gasteiger partial charge in [0.05, 0.1) is 5.56 Å². The van der Waals surface area contributed by atoms with Crippen molar-refractivity contribution >= 4 is 23.0 Å². The number of hydrogen-bond acceptors (Lipinski definition) is 1. The van der Waals surface area contributed by atoms with Gasteiger partial charge in [-0.2, -0.15) is 13.2 Å². The van der Waals surface area contributed by atoms with Gasteiger partial charge in [0.2, 0.25) is 0 Å². The molecular weight excluding hydrogens is 313 g/mol. The second-order valence-corrected chi connectivity index (χ2v) is 5.05. The van der Waals surface area contributed by atoms with Gasteiger partial charge in [0.1, 0.15) is 0 Å². The Morgan fingerprint density at radius 3 is 2.23 bits per heavy atom. The number of Topliss-reactive ketones (excluding diaryl/α,β-unsaturated/α-hetero) is 1. The molecule has 2 rings (SSSR count). The first-order valence-electron chi connectivity index (χ1n) is 6.47. The Labute approximate surface area is 131 Å². The van der Waals surface area contributed by atoms with Crippen LogP contribution in [0.5, 0.6) is 0 Å². The number of alkyl halides is 3. The van der Waals surface area contributed by atoms with Crippen molar-refractivity contribution < 1.29 is 18.0 Å². The predicted molar refractivity (Wildman–Crippen MR) is 80.9 cm³/mol. The first-order chi connectivity index (χ1) is 10.3. The minimum absolute atomic E-state index is 0.00197. The third kappa shape index (κ3) is 3.57. The monoisotopic (exact) mass is 324 g/mol. The van der Waals surface area contributed by atoms with E-state index in [-0.39, 0.29) is 5.56 Å². The highest BCUT2D eigenvalue weighted by Gasteiger charge is 2.31. The molecule has 0 radical (unpaired) electrons. The smallest absolute Gasteiger partial charge is 0.289 e. The molecule has 0 atom stereocenters. The fourth-order valence-electron chi connectivity index (χ4n) is 2.05. The summed E-state index contributed by atoms with van der Waals surface area (Å²) < 4.78 is 38.2. The average molecular weight is 325 g/mol. The molecule has 0 aliphatic carbocycles. The first-order valence-corrected chi connectivity index (χ1v) is 6.85. The van der Waals surface area contributed by atoms with Crippen LogP contribution in [0.3, 0.4) is 0 Å². The van der Waals surface area contributed by atoms with Crippen molar-refractivity contribution in [2.24, 2.45) is 0 Å². The van der Waals surface area contributed by atoms with Gasteiger partial charge in [0.15, 0.2) is 5.78 Å². The Morgan fingerprint density at radius 2 is 1.68 bits per heavy atom. The number of benzene rings is 2. The number of carbonyl (C=O) groups excluding carboxylic acids is 1. The quantitative estimate of drug-likeness (QED) is 0.527. The minimum Gasteiger partial charge on any atom is -0.289 e. The van der Waals surface area contributed by atoms with Gasteiger partial charge in [-0.1, -0.05) is 41.9 Å². The second kappa shape index (κ2) is 6.36. The Kier molecular flexibility index (Phi) is 4.71. The van der Waals surface area contributed by atoms with Crippen LogP contribution in [0.15, 0.2) is 54.6 Å². The van der Waals surface area contributed by atoms with Gasteiger partial charge in [-0.15, -0.1) is 0 Å². The first kappa shape index (κ1) is 16.3. The van der Waals surface area contributed by atoms with E-state index in [4.69, 9.17) is 11.6 Å². The van der Waals surface area contributed by atoms with Crippen molar-refractivity contribution in [2.45, 2.75) is 13.1 Å². The third-order valence-corrected chi connectivity index (χ3v) is 3.39. The largest absolute Gasteiger partial charge is 0.416 e. The van der Waals surface area contributed by atoms with E-state index in [9.17, 15) is 18.0 Å². The standard InChI is InChI=1S/C17H12ClF3O/c1-2-15(11-6-8-14(18)9-7-11)16(22)12-4-3-5-13(10-12)17(19,20)21/h2-10H,1H3/b15-2+. The zero-order valence-electron chi connectivity index (χ0n) is 11.6. The van der Waals surface area contributed by atoms with Crippen molar-refractivity contribution in [1.29, 1.82) is 0 Å². The molecule has 2 aromatic rings. The topological polar surface area (TPSA) is 17.1 Å². The molecule has 0 saturated carbocycles. The lowest BCUT2D eigenvalue weighted by Gasteiger charge is -2.10. The molecule has 0 fully saturated rings. The predicted octanol–water partition coefficient (Wildman–Crippen LogP) is 5.65. The van der Waals surface area contributed by atoms with Gasteiger partial charge in [0, 0.05) is 16.2 Å². The Bertz CT molecular complexity index is 715. The lowest BCUT2D eigenvalue weighted by molar-refractivity contribution is -0.137. The summed E-state index contributed by atoms with van der Waals surface area (Å²) in [4.78, 5) is 12.5. The Hall–Kier alpha value is -2.07. The molecule has 22 heavy (non-hydrogen) atoms. The highest BCUT2D eigenvalue weighted by atomic mass is 35.5. The average Bonchev–Trinajstić information content (AvgIpc) is 2.49. The van der Waals surface area contributed by atoms with Crippen molar-refractivity contribution in [3.05, 3.63) is 76.3 Å². The maximum absolute atomic E-state index is 12.7. The van der Waals surface area contributed by atoms with E-state index < -0.39 is 17.5 Å². The summed E-state index contributed by atoms with van der Waals surface area (Å²) in [6, 6.07) is 11.0. The van der Waals surface area contributed by atoms with Crippen LogP contribution in [0.2, 0.25) is 5.02 Å². The van der Waals surface area contributed by atoms with Crippen LogP contribution in [-0.2, 0) is 6.18 Å². The third-order valence-electron chi connectivity index (χ3n) is 3.14. The molecule has 0 bridgehead atoms. The van der Waals surface area contributed by atoms with E-state index in [0.29, 0.717) is 16.2 Å². The number of hydrogen-bond donors (Lipinski definition) is 0. The molecule has 1 nitrogen and oxygen atoms in total. The highest BCUT2D eigenvalue weighted by Crippen LogP contribution is 2.30. The van der Waals surface area contributed by atoms with E-state index in [1.165, 1.54) is 12.1 Å². The molecule has 0 heterocycles. The summed E-state index contributed by atoms with van der Waals surface area (Å²) in [6.07, 6.45) is -2.90. The molecule has 0 aliphatic rings. The van der Waals surface area contributed by atoms with Crippen LogP contribution in [0.1, 0.15) is 28.4 Å². The fraction of sp³-hybridized carbons (Fsp3) is 0.118. The van der Waals surface area contributed by atoms with Crippen LogP contribution in [0.4, 0.5) is 13.2 Å². The summed E-state index contributed by atoms with van der Waals surface area (Å²) in [6.45, 7) is 1.66. The summed E-state index contributed by atoms with van der Waals surface area (Å²) in [5.74, 6) is -0.462. The summed E-state index contributed by atoms with van der Waals surface area (Å²) in [7, 11) is 0. The summed E-state index contributed by atoms with van der Waals surface area (Å²) in [5, 5.41) is 0.519. The maximum atomic E-state index is 12.7. The number of carbonyl (C=O) groups is 1. The van der Waals surface area contributed by atoms with Crippen LogP contribution in [0, 0.1) is 0 Å². The van der Waals surface area contributed by atoms with E-state index in [0.717, 1.165) is 12.1 Å². The molecule has 114 valence electrons. The summed E-state index contributed by atoms with van der Waals surface area (Å²) in [5.41, 5.74) is 0.0908. The van der Waals surface area contributed by atoms with Gasteiger partial charge in [-0.05, 0) is 36.8 Å². The van der Waals surface area contributed by atoms with E-state index in [1.54, 1.807) is 37.3 Å². The molecule has 0 aliphatic heterocycles. The van der Waals surface area contributed by atoms with Gasteiger partial charge in [-0.25, -0.2) is 0 Å². The number of halogens is 4. The zero-order chi connectivity index (χ0) is 16.3. The molecule has 0 aromatic heterocycles. The van der Waals surface area contributed by atoms with Crippen molar-refractivity contribution in [2.75, 3.05) is 0 Å². The molecule has 0 amide bonds. The van der Waals surface area contributed by atoms with Gasteiger partial charge in [0.25, 0.3) is 0 Å². The molecule has 5 heteroatoms. The van der Waals surface area contributed by atoms with Gasteiger partial charge >= 0.3 is 6.18 Å². The summed E-state index contributed by atoms with van der Waals surface area (Å²) >= 11 is 5.80. The van der Waals surface area contributed by atoms with E-state index in [2.05, 4.69) is 0 Å². The number of allylic oxidation sites excluding steroid dienone is 2. The second-order valence-electron chi connectivity index (χ2n) is 4.62. The molecule has 0 saturated heterocycles. The fourth-order valence-corrected chi connectivity index (χ4v) is 2.18.